The van der Waals surface area contributed by atoms with Crippen LogP contribution in [0.2, 0.25) is 0 Å². The molecule has 0 heterocycles. The molecule has 0 saturated carbocycles. The molecule has 1 amide bonds. The molecule has 0 unspecified atom stereocenters. The number of hydrogen-bond donors (Lipinski definition) is 1. The molecule has 102 valence electrons. The minimum atomic E-state index is -0.548. The number of ether oxygens (including phenoxy) is 1. The smallest absolute Gasteiger partial charge is 0.408 e. The van der Waals surface area contributed by atoms with Crippen LogP contribution in [0.25, 0.3) is 0 Å². The Bertz CT molecular complexity index is 526. The normalized spacial score (nSPS) is 10.4. The van der Waals surface area contributed by atoms with Crippen molar-refractivity contribution < 1.29 is 13.9 Å². The Balaban J connectivity index is 2.52. The minimum absolute atomic E-state index is 0.0981. The molecule has 0 aliphatic rings. The summed E-state index contributed by atoms with van der Waals surface area (Å²) in [6.45, 7) is 5.42. The lowest BCUT2D eigenvalue weighted by Crippen LogP contribution is -2.32. The minimum Gasteiger partial charge on any atom is -0.444 e. The van der Waals surface area contributed by atoms with E-state index in [4.69, 9.17) is 4.74 Å². The van der Waals surface area contributed by atoms with Crippen molar-refractivity contribution in [1.82, 2.24) is 5.32 Å². The summed E-state index contributed by atoms with van der Waals surface area (Å²) in [6.07, 6.45) is -0.545. The Morgan fingerprint density at radius 3 is 2.79 bits per heavy atom. The molecule has 0 saturated heterocycles. The first kappa shape index (κ1) is 15.5. The van der Waals surface area contributed by atoms with Crippen molar-refractivity contribution >= 4 is 22.0 Å². The zero-order valence-corrected chi connectivity index (χ0v) is 12.6. The number of amides is 1. The van der Waals surface area contributed by atoms with Gasteiger partial charge in [-0.2, -0.15) is 0 Å². The van der Waals surface area contributed by atoms with E-state index in [2.05, 4.69) is 33.1 Å². The van der Waals surface area contributed by atoms with Crippen LogP contribution in [0.3, 0.4) is 0 Å². The van der Waals surface area contributed by atoms with E-state index in [1.165, 1.54) is 6.07 Å². The van der Waals surface area contributed by atoms with Crippen LogP contribution in [-0.2, 0) is 4.74 Å². The van der Waals surface area contributed by atoms with Crippen LogP contribution in [-0.4, -0.2) is 18.2 Å². The summed E-state index contributed by atoms with van der Waals surface area (Å²) in [6, 6.07) is 4.50. The van der Waals surface area contributed by atoms with Crippen molar-refractivity contribution in [3.8, 4) is 11.8 Å². The standard InChI is InChI=1S/C14H15BrFNO2/c1-14(2,3)19-13(18)17-8-4-5-10-9-11(15)6-7-12(10)16/h6-7,9H,8H2,1-3H3,(H,17,18). The fraction of sp³-hybridized carbons (Fsp3) is 0.357. The number of halogens is 2. The second-order valence-corrected chi connectivity index (χ2v) is 5.70. The van der Waals surface area contributed by atoms with Gasteiger partial charge in [0.15, 0.2) is 0 Å². The summed E-state index contributed by atoms with van der Waals surface area (Å²) in [7, 11) is 0. The molecule has 19 heavy (non-hydrogen) atoms. The van der Waals surface area contributed by atoms with Gasteiger partial charge >= 0.3 is 6.09 Å². The van der Waals surface area contributed by atoms with Crippen molar-refractivity contribution in [2.75, 3.05) is 6.54 Å². The number of rotatable bonds is 1. The molecule has 1 rings (SSSR count). The van der Waals surface area contributed by atoms with Gasteiger partial charge in [0, 0.05) is 4.47 Å². The molecule has 0 fully saturated rings. The summed E-state index contributed by atoms with van der Waals surface area (Å²) in [5, 5.41) is 2.47. The molecular formula is C14H15BrFNO2. The van der Waals surface area contributed by atoms with Crippen molar-refractivity contribution in [3.05, 3.63) is 34.1 Å². The second kappa shape index (κ2) is 6.58. The van der Waals surface area contributed by atoms with Crippen LogP contribution < -0.4 is 5.32 Å². The summed E-state index contributed by atoms with van der Waals surface area (Å²) >= 11 is 3.24. The molecule has 0 radical (unpaired) electrons. The number of nitrogens with one attached hydrogen (secondary N) is 1. The molecule has 1 aromatic carbocycles. The van der Waals surface area contributed by atoms with E-state index < -0.39 is 17.5 Å². The van der Waals surface area contributed by atoms with E-state index in [-0.39, 0.29) is 12.1 Å². The maximum atomic E-state index is 13.3. The van der Waals surface area contributed by atoms with E-state index in [0.717, 1.165) is 4.47 Å². The van der Waals surface area contributed by atoms with E-state index in [1.54, 1.807) is 32.9 Å². The second-order valence-electron chi connectivity index (χ2n) is 4.78. The predicted octanol–water partition coefficient (Wildman–Crippen LogP) is 3.46. The molecule has 1 N–H and O–H groups in total. The highest BCUT2D eigenvalue weighted by molar-refractivity contribution is 9.10. The zero-order valence-electron chi connectivity index (χ0n) is 11.0. The van der Waals surface area contributed by atoms with Crippen LogP contribution in [0.4, 0.5) is 9.18 Å². The third-order valence-corrected chi connectivity index (χ3v) is 2.36. The first-order chi connectivity index (χ1) is 8.78. The van der Waals surface area contributed by atoms with Gasteiger partial charge in [0.05, 0.1) is 12.1 Å². The molecule has 0 aliphatic heterocycles. The number of carbonyl (C=O) groups excluding carboxylic acids is 1. The van der Waals surface area contributed by atoms with Gasteiger partial charge in [0.25, 0.3) is 0 Å². The fourth-order valence-electron chi connectivity index (χ4n) is 1.16. The third kappa shape index (κ3) is 6.25. The Morgan fingerprint density at radius 2 is 2.16 bits per heavy atom. The summed E-state index contributed by atoms with van der Waals surface area (Å²) in [4.78, 5) is 11.3. The number of carbonyl (C=O) groups is 1. The maximum absolute atomic E-state index is 13.3. The third-order valence-electron chi connectivity index (χ3n) is 1.87. The van der Waals surface area contributed by atoms with Crippen LogP contribution in [0.15, 0.2) is 22.7 Å². The van der Waals surface area contributed by atoms with Gasteiger partial charge in [-0.3, -0.25) is 0 Å². The van der Waals surface area contributed by atoms with Crippen LogP contribution in [0.5, 0.6) is 0 Å². The Labute approximate surface area is 120 Å². The quantitative estimate of drug-likeness (QED) is 0.802. The summed E-state index contributed by atoms with van der Waals surface area (Å²) < 4.78 is 19.1. The van der Waals surface area contributed by atoms with Crippen LogP contribution in [0, 0.1) is 17.7 Å². The molecule has 1 aromatic rings. The van der Waals surface area contributed by atoms with Gasteiger partial charge < -0.3 is 10.1 Å². The largest absolute Gasteiger partial charge is 0.444 e. The van der Waals surface area contributed by atoms with Crippen molar-refractivity contribution in [3.63, 3.8) is 0 Å². The van der Waals surface area contributed by atoms with Crippen LogP contribution >= 0.6 is 15.9 Å². The van der Waals surface area contributed by atoms with E-state index in [0.29, 0.717) is 0 Å². The van der Waals surface area contributed by atoms with E-state index in [9.17, 15) is 9.18 Å². The Morgan fingerprint density at radius 1 is 1.47 bits per heavy atom. The van der Waals surface area contributed by atoms with Crippen LogP contribution in [0.1, 0.15) is 26.3 Å². The van der Waals surface area contributed by atoms with Crippen molar-refractivity contribution in [2.24, 2.45) is 0 Å². The zero-order chi connectivity index (χ0) is 14.5. The summed E-state index contributed by atoms with van der Waals surface area (Å²) in [5.41, 5.74) is -0.270. The highest BCUT2D eigenvalue weighted by atomic mass is 79.9. The Hall–Kier alpha value is -1.54. The SMILES string of the molecule is CC(C)(C)OC(=O)NCC#Cc1cc(Br)ccc1F. The molecule has 0 aliphatic carbocycles. The van der Waals surface area contributed by atoms with Crippen molar-refractivity contribution in [2.45, 2.75) is 26.4 Å². The van der Waals surface area contributed by atoms with E-state index in [1.807, 2.05) is 0 Å². The molecule has 0 bridgehead atoms. The lowest BCUT2D eigenvalue weighted by Gasteiger charge is -2.18. The first-order valence-electron chi connectivity index (χ1n) is 5.69. The van der Waals surface area contributed by atoms with Gasteiger partial charge in [0.1, 0.15) is 11.4 Å². The average molecular weight is 328 g/mol. The number of benzene rings is 1. The summed E-state index contributed by atoms with van der Waals surface area (Å²) in [5.74, 6) is 4.91. The number of hydrogen-bond acceptors (Lipinski definition) is 2. The molecule has 0 spiro atoms. The topological polar surface area (TPSA) is 38.3 Å². The lowest BCUT2D eigenvalue weighted by atomic mass is 10.2. The maximum Gasteiger partial charge on any atom is 0.408 e. The van der Waals surface area contributed by atoms with Gasteiger partial charge in [-0.1, -0.05) is 27.8 Å². The highest BCUT2D eigenvalue weighted by Gasteiger charge is 2.14. The lowest BCUT2D eigenvalue weighted by molar-refractivity contribution is 0.0535. The van der Waals surface area contributed by atoms with Gasteiger partial charge in [-0.05, 0) is 39.0 Å². The van der Waals surface area contributed by atoms with Gasteiger partial charge in [-0.25, -0.2) is 9.18 Å². The fourth-order valence-corrected chi connectivity index (χ4v) is 1.52. The number of alkyl carbamates (subject to hydrolysis) is 1. The molecule has 3 nitrogen and oxygen atoms in total. The molecule has 0 aromatic heterocycles. The highest BCUT2D eigenvalue weighted by Crippen LogP contribution is 2.14. The average Bonchev–Trinajstić information content (AvgIpc) is 2.26. The van der Waals surface area contributed by atoms with E-state index >= 15 is 0 Å². The molecular weight excluding hydrogens is 313 g/mol. The molecule has 5 heteroatoms. The van der Waals surface area contributed by atoms with Crippen molar-refractivity contribution in [1.29, 1.82) is 0 Å². The van der Waals surface area contributed by atoms with Gasteiger partial charge in [-0.15, -0.1) is 0 Å². The predicted molar refractivity (Wildman–Crippen MR) is 75.2 cm³/mol. The Kier molecular flexibility index (Phi) is 5.37. The van der Waals surface area contributed by atoms with Gasteiger partial charge in [0.2, 0.25) is 0 Å². The first-order valence-corrected chi connectivity index (χ1v) is 6.48. The monoisotopic (exact) mass is 327 g/mol. The molecule has 0 atom stereocenters.